The molecule has 12 heavy (non-hydrogen) atoms. The number of terminal acetylenes is 4. The fraction of sp³-hybridized carbons (Fsp3) is 0. The van der Waals surface area contributed by atoms with Crippen molar-refractivity contribution in [3.8, 4) is 25.7 Å². The molecular weight excluding hydrogens is 297 g/mol. The van der Waals surface area contributed by atoms with E-state index in [1.165, 1.54) is 0 Å². The van der Waals surface area contributed by atoms with Crippen molar-refractivity contribution in [1.82, 2.24) is 0 Å². The standard InChI is InChI=1S/4C2H.2K.H2O.Pd/c4*1-2;;;;/h4*1H;;;1H2;/q4*-1;2*+1;;. The molecule has 0 radical (unpaired) electrons. The van der Waals surface area contributed by atoms with E-state index in [1.54, 1.807) is 0 Å². The van der Waals surface area contributed by atoms with E-state index in [0.717, 1.165) is 0 Å². The Bertz CT molecular complexity index is 60.0. The van der Waals surface area contributed by atoms with E-state index in [9.17, 15) is 0 Å². The number of hydrogen-bond donors (Lipinski definition) is 0. The van der Waals surface area contributed by atoms with E-state index in [2.05, 4.69) is 25.7 Å². The minimum atomic E-state index is 0. The van der Waals surface area contributed by atoms with Crippen LogP contribution in [0.2, 0.25) is 0 Å². The predicted octanol–water partition coefficient (Wildman–Crippen LogP) is -6.00. The molecule has 2 N–H and O–H groups in total. The Morgan fingerprint density at radius 2 is 0.500 bits per heavy atom. The molecule has 0 atom stereocenters. The van der Waals surface area contributed by atoms with Crippen LogP contribution in [-0.2, 0) is 20.4 Å². The van der Waals surface area contributed by atoms with Gasteiger partial charge in [-0.25, -0.2) is 0 Å². The van der Waals surface area contributed by atoms with Gasteiger partial charge in [0.1, 0.15) is 0 Å². The van der Waals surface area contributed by atoms with Crippen molar-refractivity contribution in [2.75, 3.05) is 0 Å². The second-order valence-corrected chi connectivity index (χ2v) is 0. The molecule has 1 nitrogen and oxygen atoms in total. The summed E-state index contributed by atoms with van der Waals surface area (Å²) in [6, 6.07) is 0. The normalized spacial score (nSPS) is 0.667. The summed E-state index contributed by atoms with van der Waals surface area (Å²) in [5.41, 5.74) is 0. The second kappa shape index (κ2) is 424. The van der Waals surface area contributed by atoms with Crippen LogP contribution in [0.5, 0.6) is 0 Å². The van der Waals surface area contributed by atoms with Crippen molar-refractivity contribution in [3.63, 3.8) is 0 Å². The van der Waals surface area contributed by atoms with Crippen molar-refractivity contribution in [2.45, 2.75) is 0 Å². The van der Waals surface area contributed by atoms with Crippen molar-refractivity contribution in [3.05, 3.63) is 25.7 Å². The molecule has 0 aliphatic carbocycles. The van der Waals surface area contributed by atoms with Gasteiger partial charge in [0.25, 0.3) is 0 Å². The molecule has 4 heteroatoms. The van der Waals surface area contributed by atoms with Crippen molar-refractivity contribution < 1.29 is 129 Å². The van der Waals surface area contributed by atoms with E-state index in [1.807, 2.05) is 0 Å². The summed E-state index contributed by atoms with van der Waals surface area (Å²) in [4.78, 5) is 0. The molecule has 0 saturated heterocycles. The van der Waals surface area contributed by atoms with Crippen LogP contribution in [-0.4, -0.2) is 5.48 Å². The third-order valence-corrected chi connectivity index (χ3v) is 0. The van der Waals surface area contributed by atoms with Gasteiger partial charge < -0.3 is 56.9 Å². The fourth-order valence-electron chi connectivity index (χ4n) is 0. The molecule has 0 aromatic rings. The monoisotopic (exact) mass is 302 g/mol. The first-order valence-electron chi connectivity index (χ1n) is 1.15. The van der Waals surface area contributed by atoms with E-state index in [4.69, 9.17) is 25.7 Å². The molecule has 0 saturated carbocycles. The molecule has 0 unspecified atom stereocenters. The first-order valence-corrected chi connectivity index (χ1v) is 1.15. The van der Waals surface area contributed by atoms with Gasteiger partial charge in [0.2, 0.25) is 0 Å². The zero-order valence-corrected chi connectivity index (χ0v) is 14.9. The maximum atomic E-state index is 5.25. The zero-order chi connectivity index (χ0) is 8.00. The maximum absolute atomic E-state index is 5.25. The molecule has 0 aliphatic heterocycles. The molecule has 0 aromatic carbocycles. The van der Waals surface area contributed by atoms with Crippen LogP contribution in [0.25, 0.3) is 0 Å². The molecule has 0 heterocycles. The Kier molecular flexibility index (Phi) is 2290. The Hall–Kier alpha value is 2.14. The van der Waals surface area contributed by atoms with Crippen LogP contribution < -0.4 is 103 Å². The van der Waals surface area contributed by atoms with E-state index >= 15 is 0 Å². The summed E-state index contributed by atoms with van der Waals surface area (Å²) < 4.78 is 0. The number of hydrogen-bond acceptors (Lipinski definition) is 0. The molecule has 0 spiro atoms. The van der Waals surface area contributed by atoms with Crippen molar-refractivity contribution >= 4 is 0 Å². The van der Waals surface area contributed by atoms with Crippen LogP contribution in [0.3, 0.4) is 0 Å². The minimum Gasteiger partial charge on any atom is -0.697 e. The molecular formula is C8H6K2OPd-2. The van der Waals surface area contributed by atoms with Gasteiger partial charge in [-0.05, 0) is 0 Å². The van der Waals surface area contributed by atoms with Crippen molar-refractivity contribution in [2.24, 2.45) is 0 Å². The second-order valence-electron chi connectivity index (χ2n) is 0. The van der Waals surface area contributed by atoms with Crippen LogP contribution in [0.4, 0.5) is 0 Å². The van der Waals surface area contributed by atoms with Crippen LogP contribution in [0.15, 0.2) is 0 Å². The Balaban J connectivity index is -0.00000000267. The van der Waals surface area contributed by atoms with Gasteiger partial charge in [0, 0.05) is 20.4 Å². The predicted molar refractivity (Wildman–Crippen MR) is 36.4 cm³/mol. The first kappa shape index (κ1) is 64.8. The van der Waals surface area contributed by atoms with Crippen molar-refractivity contribution in [1.29, 1.82) is 0 Å². The summed E-state index contributed by atoms with van der Waals surface area (Å²) in [7, 11) is 0. The number of rotatable bonds is 0. The van der Waals surface area contributed by atoms with E-state index in [0.29, 0.717) is 0 Å². The quantitative estimate of drug-likeness (QED) is 0.242. The molecule has 0 bridgehead atoms. The molecule has 0 aromatic heterocycles. The summed E-state index contributed by atoms with van der Waals surface area (Å²) in [6.45, 7) is 0. The van der Waals surface area contributed by atoms with Crippen LogP contribution in [0, 0.1) is 51.4 Å². The smallest absolute Gasteiger partial charge is 0.697 e. The van der Waals surface area contributed by atoms with Crippen LogP contribution in [0.1, 0.15) is 0 Å². The van der Waals surface area contributed by atoms with Gasteiger partial charge in [-0.3, -0.25) is 0 Å². The molecule has 0 amide bonds. The molecule has 0 rings (SSSR count). The Morgan fingerprint density at radius 1 is 0.500 bits per heavy atom. The molecule has 0 fully saturated rings. The topological polar surface area (TPSA) is 31.5 Å². The molecule has 58 valence electrons. The minimum absolute atomic E-state index is 0. The van der Waals surface area contributed by atoms with E-state index < -0.39 is 0 Å². The summed E-state index contributed by atoms with van der Waals surface area (Å²) in [5.74, 6) is 0. The van der Waals surface area contributed by atoms with Gasteiger partial charge in [0.05, 0.1) is 0 Å². The van der Waals surface area contributed by atoms with E-state index in [-0.39, 0.29) is 129 Å². The summed E-state index contributed by atoms with van der Waals surface area (Å²) in [5, 5.41) is 0. The maximum Gasteiger partial charge on any atom is 1.00 e. The SMILES string of the molecule is O.[C-]#C.[C-]#C.[C-]#C.[C-]#C.[K+].[K+].[Pd]. The largest absolute Gasteiger partial charge is 1.00 e. The third-order valence-electron chi connectivity index (χ3n) is 0. The van der Waals surface area contributed by atoms with Gasteiger partial charge >= 0.3 is 103 Å². The van der Waals surface area contributed by atoms with Gasteiger partial charge in [0.15, 0.2) is 0 Å². The first-order chi connectivity index (χ1) is 4.00. The summed E-state index contributed by atoms with van der Waals surface area (Å²) in [6.07, 6.45) is 36.0. The van der Waals surface area contributed by atoms with Gasteiger partial charge in [-0.15, -0.1) is 0 Å². The average molecular weight is 303 g/mol. The Labute approximate surface area is 175 Å². The average Bonchev–Trinajstić information content (AvgIpc) is 2.03. The van der Waals surface area contributed by atoms with Gasteiger partial charge in [-0.1, -0.05) is 0 Å². The summed E-state index contributed by atoms with van der Waals surface area (Å²) >= 11 is 0. The zero-order valence-electron chi connectivity index (χ0n) is 7.13. The molecule has 0 aliphatic rings. The van der Waals surface area contributed by atoms with Crippen LogP contribution >= 0.6 is 0 Å². The third kappa shape index (κ3) is 330. The Morgan fingerprint density at radius 3 is 0.500 bits per heavy atom. The fourth-order valence-corrected chi connectivity index (χ4v) is 0. The van der Waals surface area contributed by atoms with Gasteiger partial charge in [-0.2, -0.15) is 0 Å².